The number of hydrogen-bond acceptors (Lipinski definition) is 1. The molecule has 0 aromatic heterocycles. The first-order chi connectivity index (χ1) is 7.79. The van der Waals surface area contributed by atoms with Crippen LogP contribution in [0.4, 0.5) is 13.2 Å². The Morgan fingerprint density at radius 3 is 1.94 bits per heavy atom. The van der Waals surface area contributed by atoms with Gasteiger partial charge in [-0.3, -0.25) is 0 Å². The third-order valence-corrected chi connectivity index (χ3v) is 2.77. The number of halogens is 3. The molecule has 0 heterocycles. The smallest absolute Gasteiger partial charge is 0.324 e. The van der Waals surface area contributed by atoms with Crippen LogP contribution in [0.25, 0.3) is 0 Å². The van der Waals surface area contributed by atoms with Gasteiger partial charge < -0.3 is 5.73 Å². The average Bonchev–Trinajstić information content (AvgIpc) is 2.25. The van der Waals surface area contributed by atoms with Crippen molar-refractivity contribution in [1.29, 1.82) is 0 Å². The molecule has 0 aliphatic carbocycles. The van der Waals surface area contributed by atoms with Gasteiger partial charge in [-0.25, -0.2) is 0 Å². The van der Waals surface area contributed by atoms with E-state index in [1.165, 1.54) is 0 Å². The zero-order chi connectivity index (χ0) is 13.1. The molecule has 1 aromatic carbocycles. The number of hydrogen-bond donors (Lipinski definition) is 1. The van der Waals surface area contributed by atoms with Gasteiger partial charge in [0, 0.05) is 12.5 Å². The van der Waals surface area contributed by atoms with Gasteiger partial charge in [-0.05, 0) is 23.5 Å². The maximum atomic E-state index is 12.0. The quantitative estimate of drug-likeness (QED) is 0.847. The molecule has 0 bridgehead atoms. The highest BCUT2D eigenvalue weighted by Crippen LogP contribution is 2.27. The zero-order valence-electron chi connectivity index (χ0n) is 10.1. The van der Waals surface area contributed by atoms with Gasteiger partial charge in [0.25, 0.3) is 0 Å². The lowest BCUT2D eigenvalue weighted by atomic mass is 9.97. The maximum Gasteiger partial charge on any atom is 0.389 e. The lowest BCUT2D eigenvalue weighted by Crippen LogP contribution is -2.15. The van der Waals surface area contributed by atoms with Crippen molar-refractivity contribution < 1.29 is 13.2 Å². The number of alkyl halides is 3. The van der Waals surface area contributed by atoms with Crippen LogP contribution in [0.1, 0.15) is 49.8 Å². The van der Waals surface area contributed by atoms with Crippen molar-refractivity contribution in [1.82, 2.24) is 0 Å². The summed E-state index contributed by atoms with van der Waals surface area (Å²) in [5, 5.41) is 0. The molecule has 17 heavy (non-hydrogen) atoms. The fraction of sp³-hybridized carbons (Fsp3) is 0.538. The van der Waals surface area contributed by atoms with E-state index in [2.05, 4.69) is 13.8 Å². The minimum atomic E-state index is -4.13. The second-order valence-electron chi connectivity index (χ2n) is 4.58. The molecule has 0 amide bonds. The van der Waals surface area contributed by atoms with Crippen LogP contribution in [0.2, 0.25) is 0 Å². The van der Waals surface area contributed by atoms with Gasteiger partial charge >= 0.3 is 6.18 Å². The summed E-state index contributed by atoms with van der Waals surface area (Å²) in [7, 11) is 0. The standard InChI is InChI=1S/C13H18F3N/c1-9(2)10-3-5-11(6-4-10)12(17)7-8-13(14,15)16/h3-6,9,12H,7-8,17H2,1-2H3/t12-/m1/s1. The fourth-order valence-electron chi connectivity index (χ4n) is 1.61. The van der Waals surface area contributed by atoms with Crippen molar-refractivity contribution in [2.75, 3.05) is 0 Å². The van der Waals surface area contributed by atoms with Gasteiger partial charge in [0.05, 0.1) is 0 Å². The topological polar surface area (TPSA) is 26.0 Å². The molecule has 0 aliphatic rings. The van der Waals surface area contributed by atoms with E-state index in [-0.39, 0.29) is 6.42 Å². The predicted molar refractivity (Wildman–Crippen MR) is 62.7 cm³/mol. The molecule has 2 N–H and O–H groups in total. The van der Waals surface area contributed by atoms with Gasteiger partial charge in [-0.1, -0.05) is 38.1 Å². The molecular weight excluding hydrogens is 227 g/mol. The van der Waals surface area contributed by atoms with Crippen molar-refractivity contribution in [3.05, 3.63) is 35.4 Å². The summed E-state index contributed by atoms with van der Waals surface area (Å²) in [6, 6.07) is 6.94. The zero-order valence-corrected chi connectivity index (χ0v) is 10.1. The fourth-order valence-corrected chi connectivity index (χ4v) is 1.61. The Bertz CT molecular complexity index is 341. The van der Waals surface area contributed by atoms with Gasteiger partial charge in [-0.15, -0.1) is 0 Å². The van der Waals surface area contributed by atoms with Gasteiger partial charge in [-0.2, -0.15) is 13.2 Å². The van der Waals surface area contributed by atoms with E-state index in [0.29, 0.717) is 5.92 Å². The van der Waals surface area contributed by atoms with Crippen molar-refractivity contribution in [3.63, 3.8) is 0 Å². The highest BCUT2D eigenvalue weighted by Gasteiger charge is 2.27. The third kappa shape index (κ3) is 4.77. The highest BCUT2D eigenvalue weighted by molar-refractivity contribution is 5.26. The van der Waals surface area contributed by atoms with Crippen LogP contribution in [0, 0.1) is 0 Å². The van der Waals surface area contributed by atoms with Gasteiger partial charge in [0.15, 0.2) is 0 Å². The van der Waals surface area contributed by atoms with E-state index in [4.69, 9.17) is 5.73 Å². The second kappa shape index (κ2) is 5.54. The van der Waals surface area contributed by atoms with Crippen molar-refractivity contribution in [2.45, 2.75) is 44.8 Å². The van der Waals surface area contributed by atoms with Crippen LogP contribution in [-0.2, 0) is 0 Å². The Morgan fingerprint density at radius 2 is 1.53 bits per heavy atom. The number of benzene rings is 1. The normalized spacial score (nSPS) is 14.1. The first-order valence-corrected chi connectivity index (χ1v) is 5.72. The molecule has 1 nitrogen and oxygen atoms in total. The molecule has 1 aromatic rings. The number of rotatable bonds is 4. The second-order valence-corrected chi connectivity index (χ2v) is 4.58. The summed E-state index contributed by atoms with van der Waals surface area (Å²) < 4.78 is 36.1. The van der Waals surface area contributed by atoms with E-state index < -0.39 is 18.6 Å². The predicted octanol–water partition coefficient (Wildman–Crippen LogP) is 4.15. The molecule has 0 radical (unpaired) electrons. The van der Waals surface area contributed by atoms with Gasteiger partial charge in [0.2, 0.25) is 0 Å². The van der Waals surface area contributed by atoms with E-state index in [1.807, 2.05) is 24.3 Å². The van der Waals surface area contributed by atoms with E-state index >= 15 is 0 Å². The Hall–Kier alpha value is -1.03. The minimum Gasteiger partial charge on any atom is -0.324 e. The van der Waals surface area contributed by atoms with Crippen LogP contribution in [0.3, 0.4) is 0 Å². The maximum absolute atomic E-state index is 12.0. The van der Waals surface area contributed by atoms with Crippen LogP contribution in [-0.4, -0.2) is 6.18 Å². The summed E-state index contributed by atoms with van der Waals surface area (Å²) in [5.74, 6) is 0.412. The Kier molecular flexibility index (Phi) is 4.57. The molecule has 96 valence electrons. The van der Waals surface area contributed by atoms with Crippen LogP contribution in [0.15, 0.2) is 24.3 Å². The summed E-state index contributed by atoms with van der Waals surface area (Å²) in [5.41, 5.74) is 7.65. The lowest BCUT2D eigenvalue weighted by molar-refractivity contribution is -0.136. The minimum absolute atomic E-state index is 0.0650. The van der Waals surface area contributed by atoms with E-state index in [9.17, 15) is 13.2 Å². The van der Waals surface area contributed by atoms with Gasteiger partial charge in [0.1, 0.15) is 0 Å². The molecule has 4 heteroatoms. The van der Waals surface area contributed by atoms with Crippen molar-refractivity contribution >= 4 is 0 Å². The Morgan fingerprint density at radius 1 is 1.06 bits per heavy atom. The monoisotopic (exact) mass is 245 g/mol. The van der Waals surface area contributed by atoms with E-state index in [0.717, 1.165) is 11.1 Å². The first-order valence-electron chi connectivity index (χ1n) is 5.72. The molecule has 0 spiro atoms. The molecule has 1 atom stereocenters. The summed E-state index contributed by atoms with van der Waals surface area (Å²) >= 11 is 0. The molecule has 0 saturated carbocycles. The van der Waals surface area contributed by atoms with Crippen molar-refractivity contribution in [2.24, 2.45) is 5.73 Å². The van der Waals surface area contributed by atoms with Crippen LogP contribution in [0.5, 0.6) is 0 Å². The average molecular weight is 245 g/mol. The molecule has 0 unspecified atom stereocenters. The SMILES string of the molecule is CC(C)c1ccc([C@H](N)CCC(F)(F)F)cc1. The third-order valence-electron chi connectivity index (χ3n) is 2.77. The lowest BCUT2D eigenvalue weighted by Gasteiger charge is -2.14. The van der Waals surface area contributed by atoms with E-state index in [1.54, 1.807) is 0 Å². The molecular formula is C13H18F3N. The molecule has 1 rings (SSSR count). The Labute approximate surface area is 99.8 Å². The molecule has 0 aliphatic heterocycles. The molecule has 0 fully saturated rings. The first kappa shape index (κ1) is 14.0. The van der Waals surface area contributed by atoms with Crippen LogP contribution >= 0.6 is 0 Å². The summed E-state index contributed by atoms with van der Waals surface area (Å²) in [6.07, 6.45) is -5.03. The number of nitrogens with two attached hydrogens (primary N) is 1. The highest BCUT2D eigenvalue weighted by atomic mass is 19.4. The largest absolute Gasteiger partial charge is 0.389 e. The molecule has 0 saturated heterocycles. The van der Waals surface area contributed by atoms with Crippen molar-refractivity contribution in [3.8, 4) is 0 Å². The summed E-state index contributed by atoms with van der Waals surface area (Å²) in [6.45, 7) is 4.14. The Balaban J connectivity index is 2.60. The summed E-state index contributed by atoms with van der Waals surface area (Å²) in [4.78, 5) is 0. The van der Waals surface area contributed by atoms with Crippen LogP contribution < -0.4 is 5.73 Å².